The Bertz CT molecular complexity index is 314. The molecule has 0 aliphatic rings. The topological polar surface area (TPSA) is 117 Å². The highest BCUT2D eigenvalue weighted by Crippen LogP contribution is 1.77. The number of carbonyl (C=O) groups excluding carboxylic acids is 2. The first-order valence-electron chi connectivity index (χ1n) is 6.60. The van der Waals surface area contributed by atoms with Crippen LogP contribution in [0.3, 0.4) is 0 Å². The van der Waals surface area contributed by atoms with Crippen molar-refractivity contribution < 1.29 is 23.9 Å². The third-order valence-corrected chi connectivity index (χ3v) is 3.15. The summed E-state index contributed by atoms with van der Waals surface area (Å²) in [6.45, 7) is 3.31. The molecular formula is C11H23N3O5Si. The zero-order valence-corrected chi connectivity index (χ0v) is 13.2. The third-order valence-electron chi connectivity index (χ3n) is 2.16. The Kier molecular flexibility index (Phi) is 11.7. The van der Waals surface area contributed by atoms with Gasteiger partial charge in [-0.2, -0.15) is 0 Å². The second-order valence-corrected chi connectivity index (χ2v) is 5.88. The number of carbonyl (C=O) groups is 3. The van der Waals surface area contributed by atoms with Gasteiger partial charge in [-0.15, -0.1) is 0 Å². The fourth-order valence-corrected chi connectivity index (χ4v) is 1.84. The van der Waals surface area contributed by atoms with Gasteiger partial charge in [0.15, 0.2) is 9.76 Å². The van der Waals surface area contributed by atoms with E-state index in [4.69, 9.17) is 9.53 Å². The number of carboxylic acids is 1. The molecule has 2 amide bonds. The molecule has 0 saturated carbocycles. The quantitative estimate of drug-likeness (QED) is 0.241. The Hall–Kier alpha value is -1.45. The molecule has 116 valence electrons. The van der Waals surface area contributed by atoms with E-state index in [1.165, 1.54) is 0 Å². The van der Waals surface area contributed by atoms with Crippen LogP contribution in [-0.2, 0) is 18.8 Å². The summed E-state index contributed by atoms with van der Waals surface area (Å²) in [5.41, 5.74) is 0. The maximum absolute atomic E-state index is 11.3. The number of nitrogens with one attached hydrogen (secondary N) is 3. The second-order valence-electron chi connectivity index (χ2n) is 4.06. The van der Waals surface area contributed by atoms with Crippen molar-refractivity contribution >= 4 is 27.5 Å². The van der Waals surface area contributed by atoms with Crippen LogP contribution in [0.25, 0.3) is 0 Å². The second kappa shape index (κ2) is 12.6. The smallest absolute Gasteiger partial charge is 0.305 e. The lowest BCUT2D eigenvalue weighted by molar-refractivity contribution is -0.137. The van der Waals surface area contributed by atoms with Crippen LogP contribution in [0.1, 0.15) is 13.3 Å². The van der Waals surface area contributed by atoms with Gasteiger partial charge in [-0.3, -0.25) is 14.4 Å². The number of hydrogen-bond donors (Lipinski definition) is 4. The number of amides is 2. The molecule has 0 spiro atoms. The Morgan fingerprint density at radius 1 is 1.10 bits per heavy atom. The first kappa shape index (κ1) is 18.5. The van der Waals surface area contributed by atoms with E-state index in [1.807, 2.05) is 0 Å². The van der Waals surface area contributed by atoms with Crippen molar-refractivity contribution in [3.63, 3.8) is 0 Å². The molecule has 0 aromatic carbocycles. The minimum absolute atomic E-state index is 0.0565. The Balaban J connectivity index is 3.43. The molecule has 0 fully saturated rings. The zero-order valence-electron chi connectivity index (χ0n) is 11.7. The summed E-state index contributed by atoms with van der Waals surface area (Å²) in [5, 5.41) is 16.1. The molecule has 0 bridgehead atoms. The minimum Gasteiger partial charge on any atom is -0.481 e. The Morgan fingerprint density at radius 2 is 1.80 bits per heavy atom. The number of aliphatic carboxylic acids is 1. The molecule has 0 saturated heterocycles. The van der Waals surface area contributed by atoms with Crippen LogP contribution in [0.5, 0.6) is 0 Å². The van der Waals surface area contributed by atoms with E-state index in [0.717, 1.165) is 6.04 Å². The van der Waals surface area contributed by atoms with Gasteiger partial charge in [-0.25, -0.2) is 0 Å². The van der Waals surface area contributed by atoms with Crippen molar-refractivity contribution in [3.8, 4) is 0 Å². The molecule has 0 rings (SSSR count). The van der Waals surface area contributed by atoms with Crippen molar-refractivity contribution in [2.24, 2.45) is 0 Å². The lowest BCUT2D eigenvalue weighted by atomic mass is 10.4. The first-order valence-corrected chi connectivity index (χ1v) is 8.17. The summed E-state index contributed by atoms with van der Waals surface area (Å²) in [6, 6.07) is 1.09. The van der Waals surface area contributed by atoms with Crippen molar-refractivity contribution in [2.45, 2.75) is 19.4 Å². The van der Waals surface area contributed by atoms with Gasteiger partial charge in [0.05, 0.1) is 19.5 Å². The van der Waals surface area contributed by atoms with Gasteiger partial charge in [-0.05, 0) is 6.04 Å². The van der Waals surface area contributed by atoms with E-state index in [-0.39, 0.29) is 32.0 Å². The van der Waals surface area contributed by atoms with E-state index < -0.39 is 21.6 Å². The molecule has 0 radical (unpaired) electrons. The number of carboxylic acid groups (broad SMARTS) is 1. The SMILES string of the molecule is CC[SiH2]OCCNCC(=O)NCC(=O)NCCC(=O)O. The van der Waals surface area contributed by atoms with Crippen LogP contribution >= 0.6 is 0 Å². The van der Waals surface area contributed by atoms with Crippen molar-refractivity contribution in [1.29, 1.82) is 0 Å². The van der Waals surface area contributed by atoms with Crippen LogP contribution in [0.2, 0.25) is 6.04 Å². The molecule has 0 aromatic heterocycles. The molecule has 20 heavy (non-hydrogen) atoms. The molecule has 0 unspecified atom stereocenters. The number of rotatable bonds is 12. The fraction of sp³-hybridized carbons (Fsp3) is 0.727. The van der Waals surface area contributed by atoms with Crippen LogP contribution in [0, 0.1) is 0 Å². The summed E-state index contributed by atoms with van der Waals surface area (Å²) in [6.07, 6.45) is -0.137. The van der Waals surface area contributed by atoms with Gasteiger partial charge < -0.3 is 25.5 Å². The first-order chi connectivity index (χ1) is 9.56. The molecule has 0 atom stereocenters. The van der Waals surface area contributed by atoms with E-state index in [0.29, 0.717) is 13.2 Å². The molecule has 0 aliphatic carbocycles. The van der Waals surface area contributed by atoms with Gasteiger partial charge in [0.2, 0.25) is 11.8 Å². The van der Waals surface area contributed by atoms with E-state index >= 15 is 0 Å². The average molecular weight is 305 g/mol. The summed E-state index contributed by atoms with van der Waals surface area (Å²) in [5.74, 6) is -1.67. The average Bonchev–Trinajstić information content (AvgIpc) is 2.40. The fourth-order valence-electron chi connectivity index (χ4n) is 1.21. The van der Waals surface area contributed by atoms with Crippen molar-refractivity contribution in [3.05, 3.63) is 0 Å². The van der Waals surface area contributed by atoms with Crippen molar-refractivity contribution in [2.75, 3.05) is 32.8 Å². The van der Waals surface area contributed by atoms with Crippen LogP contribution < -0.4 is 16.0 Å². The normalized spacial score (nSPS) is 10.7. The standard InChI is InChI=1S/C11H23N3O5Si/c1-2-20-19-6-5-12-7-9(15)14-8-10(16)13-4-3-11(17)18/h12H,2-8,20H2,1H3,(H,13,16)(H,14,15)(H,17,18). The maximum Gasteiger partial charge on any atom is 0.305 e. The molecule has 4 N–H and O–H groups in total. The van der Waals surface area contributed by atoms with E-state index in [9.17, 15) is 14.4 Å². The highest BCUT2D eigenvalue weighted by molar-refractivity contribution is 6.26. The monoisotopic (exact) mass is 305 g/mol. The van der Waals surface area contributed by atoms with Crippen LogP contribution in [-0.4, -0.2) is 65.4 Å². The highest BCUT2D eigenvalue weighted by atomic mass is 28.2. The lowest BCUT2D eigenvalue weighted by Gasteiger charge is -2.07. The van der Waals surface area contributed by atoms with Gasteiger partial charge in [0, 0.05) is 19.7 Å². The summed E-state index contributed by atoms with van der Waals surface area (Å²) >= 11 is 0. The number of hydrogen-bond acceptors (Lipinski definition) is 5. The Morgan fingerprint density at radius 3 is 2.45 bits per heavy atom. The lowest BCUT2D eigenvalue weighted by Crippen LogP contribution is -2.41. The predicted molar refractivity (Wildman–Crippen MR) is 76.1 cm³/mol. The van der Waals surface area contributed by atoms with Crippen molar-refractivity contribution in [1.82, 2.24) is 16.0 Å². The summed E-state index contributed by atoms with van der Waals surface area (Å²) in [7, 11) is -0.396. The van der Waals surface area contributed by atoms with Gasteiger partial charge in [0.25, 0.3) is 0 Å². The van der Waals surface area contributed by atoms with E-state index in [2.05, 4.69) is 22.9 Å². The zero-order chi connectivity index (χ0) is 15.2. The molecule has 8 nitrogen and oxygen atoms in total. The minimum atomic E-state index is -0.980. The molecule has 0 aliphatic heterocycles. The van der Waals surface area contributed by atoms with Gasteiger partial charge in [0.1, 0.15) is 0 Å². The maximum atomic E-state index is 11.3. The van der Waals surface area contributed by atoms with Gasteiger partial charge >= 0.3 is 5.97 Å². The summed E-state index contributed by atoms with van der Waals surface area (Å²) < 4.78 is 5.36. The largest absolute Gasteiger partial charge is 0.481 e. The molecular weight excluding hydrogens is 282 g/mol. The highest BCUT2D eigenvalue weighted by Gasteiger charge is 2.05. The van der Waals surface area contributed by atoms with Crippen LogP contribution in [0.4, 0.5) is 0 Å². The molecule has 0 aromatic rings. The van der Waals surface area contributed by atoms with Crippen LogP contribution in [0.15, 0.2) is 0 Å². The third kappa shape index (κ3) is 13.0. The Labute approximate surface area is 120 Å². The van der Waals surface area contributed by atoms with E-state index in [1.54, 1.807) is 0 Å². The summed E-state index contributed by atoms with van der Waals surface area (Å²) in [4.78, 5) is 32.8. The predicted octanol–water partition coefficient (Wildman–Crippen LogP) is -2.18. The molecule has 9 heteroatoms. The van der Waals surface area contributed by atoms with Gasteiger partial charge in [-0.1, -0.05) is 6.92 Å². The molecule has 0 heterocycles.